The molecule has 24 heavy (non-hydrogen) atoms. The Hall–Kier alpha value is -2.14. The Morgan fingerprint density at radius 2 is 2.04 bits per heavy atom. The summed E-state index contributed by atoms with van der Waals surface area (Å²) < 4.78 is 5.78. The number of rotatable bonds is 6. The van der Waals surface area contributed by atoms with Crippen molar-refractivity contribution >= 4 is 5.91 Å². The van der Waals surface area contributed by atoms with Crippen molar-refractivity contribution in [2.75, 3.05) is 20.1 Å². The van der Waals surface area contributed by atoms with Gasteiger partial charge in [0.25, 0.3) is 0 Å². The molecule has 1 aliphatic heterocycles. The number of aromatic nitrogens is 1. The third kappa shape index (κ3) is 4.23. The number of piperidine rings is 1. The van der Waals surface area contributed by atoms with Crippen LogP contribution in [0.5, 0.6) is 0 Å². The maximum absolute atomic E-state index is 12.3. The molecule has 0 saturated carbocycles. The quantitative estimate of drug-likeness (QED) is 0.886. The third-order valence-electron chi connectivity index (χ3n) is 4.64. The average molecular weight is 327 g/mol. The van der Waals surface area contributed by atoms with Crippen molar-refractivity contribution in [1.82, 2.24) is 15.2 Å². The molecule has 5 nitrogen and oxygen atoms in total. The van der Waals surface area contributed by atoms with E-state index in [-0.39, 0.29) is 5.91 Å². The Labute approximate surface area is 143 Å². The fourth-order valence-corrected chi connectivity index (χ4v) is 3.13. The second-order valence-corrected chi connectivity index (χ2v) is 6.32. The lowest BCUT2D eigenvalue weighted by atomic mass is 10.0. The summed E-state index contributed by atoms with van der Waals surface area (Å²) in [4.78, 5) is 18.6. The number of oxazole rings is 1. The van der Waals surface area contributed by atoms with Gasteiger partial charge in [-0.15, -0.1) is 0 Å². The normalized spacial score (nSPS) is 15.4. The van der Waals surface area contributed by atoms with Crippen LogP contribution in [0.25, 0.3) is 11.3 Å². The van der Waals surface area contributed by atoms with Gasteiger partial charge in [0.2, 0.25) is 5.91 Å². The number of nitrogens with one attached hydrogen (secondary N) is 1. The number of carbonyl (C=O) groups is 1. The summed E-state index contributed by atoms with van der Waals surface area (Å²) in [5.74, 6) is 1.70. The summed E-state index contributed by atoms with van der Waals surface area (Å²) in [7, 11) is 1.93. The predicted octanol–water partition coefficient (Wildman–Crippen LogP) is 2.87. The zero-order valence-electron chi connectivity index (χ0n) is 14.2. The average Bonchev–Trinajstić information content (AvgIpc) is 3.11. The largest absolute Gasteiger partial charge is 0.441 e. The van der Waals surface area contributed by atoms with Crippen LogP contribution in [0, 0.1) is 0 Å². The monoisotopic (exact) mass is 327 g/mol. The fourth-order valence-electron chi connectivity index (χ4n) is 3.13. The highest BCUT2D eigenvalue weighted by Gasteiger charge is 2.21. The highest BCUT2D eigenvalue weighted by atomic mass is 16.4. The number of amides is 1. The molecule has 1 N–H and O–H groups in total. The standard InChI is InChI=1S/C19H25N3O2/c1-22(16-10-12-20-13-11-16)19(23)9-5-8-18-21-14-17(24-18)15-6-3-2-4-7-15/h2-4,6-7,14,16,20H,5,8-13H2,1H3. The number of carbonyl (C=O) groups excluding carboxylic acids is 1. The van der Waals surface area contributed by atoms with Gasteiger partial charge < -0.3 is 14.6 Å². The Bertz CT molecular complexity index is 648. The van der Waals surface area contributed by atoms with Gasteiger partial charge in [0, 0.05) is 31.5 Å². The number of benzene rings is 1. The van der Waals surface area contributed by atoms with Crippen LogP contribution in [0.15, 0.2) is 40.9 Å². The first kappa shape index (κ1) is 16.7. The lowest BCUT2D eigenvalue weighted by Crippen LogP contribution is -2.43. The van der Waals surface area contributed by atoms with E-state index in [0.717, 1.165) is 43.7 Å². The molecule has 1 amide bonds. The van der Waals surface area contributed by atoms with Gasteiger partial charge in [-0.3, -0.25) is 4.79 Å². The molecule has 1 saturated heterocycles. The maximum atomic E-state index is 12.3. The van der Waals surface area contributed by atoms with Crippen LogP contribution in [0.4, 0.5) is 0 Å². The van der Waals surface area contributed by atoms with Crippen molar-refractivity contribution in [3.8, 4) is 11.3 Å². The van der Waals surface area contributed by atoms with Gasteiger partial charge in [-0.2, -0.15) is 0 Å². The van der Waals surface area contributed by atoms with Gasteiger partial charge >= 0.3 is 0 Å². The van der Waals surface area contributed by atoms with Crippen LogP contribution in [0.3, 0.4) is 0 Å². The van der Waals surface area contributed by atoms with E-state index in [2.05, 4.69) is 10.3 Å². The van der Waals surface area contributed by atoms with Gasteiger partial charge in [-0.25, -0.2) is 4.98 Å². The predicted molar refractivity (Wildman–Crippen MR) is 93.5 cm³/mol. The first-order valence-corrected chi connectivity index (χ1v) is 8.70. The summed E-state index contributed by atoms with van der Waals surface area (Å²) in [6.07, 6.45) is 5.85. The molecule has 1 fully saturated rings. The molecular weight excluding hydrogens is 302 g/mol. The van der Waals surface area contributed by atoms with E-state index in [1.807, 2.05) is 42.3 Å². The van der Waals surface area contributed by atoms with Crippen LogP contribution in [0.2, 0.25) is 0 Å². The summed E-state index contributed by atoms with van der Waals surface area (Å²) in [5.41, 5.74) is 1.03. The Balaban J connectivity index is 1.46. The van der Waals surface area contributed by atoms with E-state index >= 15 is 0 Å². The molecule has 1 aromatic heterocycles. The van der Waals surface area contributed by atoms with Gasteiger partial charge in [0.15, 0.2) is 11.7 Å². The van der Waals surface area contributed by atoms with Crippen LogP contribution in [0.1, 0.15) is 31.6 Å². The van der Waals surface area contributed by atoms with Crippen molar-refractivity contribution in [3.63, 3.8) is 0 Å². The van der Waals surface area contributed by atoms with Gasteiger partial charge in [-0.05, 0) is 32.4 Å². The van der Waals surface area contributed by atoms with Gasteiger partial charge in [-0.1, -0.05) is 30.3 Å². The van der Waals surface area contributed by atoms with Crippen molar-refractivity contribution in [2.24, 2.45) is 0 Å². The molecule has 1 aromatic carbocycles. The highest BCUT2D eigenvalue weighted by molar-refractivity contribution is 5.76. The van der Waals surface area contributed by atoms with E-state index < -0.39 is 0 Å². The number of hydrogen-bond acceptors (Lipinski definition) is 4. The van der Waals surface area contributed by atoms with Crippen molar-refractivity contribution in [1.29, 1.82) is 0 Å². The SMILES string of the molecule is CN(C(=O)CCCc1ncc(-c2ccccc2)o1)C1CCNCC1. The first-order chi connectivity index (χ1) is 11.7. The van der Waals surface area contributed by atoms with Crippen LogP contribution < -0.4 is 5.32 Å². The number of hydrogen-bond donors (Lipinski definition) is 1. The summed E-state index contributed by atoms with van der Waals surface area (Å²) >= 11 is 0. The Morgan fingerprint density at radius 1 is 1.29 bits per heavy atom. The van der Waals surface area contributed by atoms with E-state index in [1.165, 1.54) is 0 Å². The van der Waals surface area contributed by atoms with E-state index in [0.29, 0.717) is 24.8 Å². The molecule has 2 aromatic rings. The maximum Gasteiger partial charge on any atom is 0.222 e. The third-order valence-corrected chi connectivity index (χ3v) is 4.64. The minimum Gasteiger partial charge on any atom is -0.441 e. The van der Waals surface area contributed by atoms with Crippen LogP contribution in [-0.2, 0) is 11.2 Å². The van der Waals surface area contributed by atoms with E-state index in [1.54, 1.807) is 6.20 Å². The minimum atomic E-state index is 0.219. The highest BCUT2D eigenvalue weighted by Crippen LogP contribution is 2.20. The molecule has 0 aliphatic carbocycles. The molecule has 5 heteroatoms. The molecule has 128 valence electrons. The fraction of sp³-hybridized carbons (Fsp3) is 0.474. The summed E-state index contributed by atoms with van der Waals surface area (Å²) in [6, 6.07) is 10.3. The smallest absolute Gasteiger partial charge is 0.222 e. The molecule has 0 unspecified atom stereocenters. The molecule has 1 aliphatic rings. The zero-order chi connectivity index (χ0) is 16.8. The Morgan fingerprint density at radius 3 is 2.79 bits per heavy atom. The Kier molecular flexibility index (Phi) is 5.64. The molecule has 3 rings (SSSR count). The van der Waals surface area contributed by atoms with Crippen LogP contribution >= 0.6 is 0 Å². The molecule has 0 spiro atoms. The van der Waals surface area contributed by atoms with E-state index in [9.17, 15) is 4.79 Å². The van der Waals surface area contributed by atoms with Crippen molar-refractivity contribution < 1.29 is 9.21 Å². The molecular formula is C19H25N3O2. The molecule has 0 bridgehead atoms. The topological polar surface area (TPSA) is 58.4 Å². The molecule has 0 radical (unpaired) electrons. The van der Waals surface area contributed by atoms with E-state index in [4.69, 9.17) is 4.42 Å². The summed E-state index contributed by atoms with van der Waals surface area (Å²) in [6.45, 7) is 2.00. The van der Waals surface area contributed by atoms with Crippen molar-refractivity contribution in [2.45, 2.75) is 38.1 Å². The molecule has 2 heterocycles. The second kappa shape index (κ2) is 8.11. The zero-order valence-corrected chi connectivity index (χ0v) is 14.2. The van der Waals surface area contributed by atoms with Crippen molar-refractivity contribution in [3.05, 3.63) is 42.4 Å². The number of aryl methyl sites for hydroxylation is 1. The van der Waals surface area contributed by atoms with Crippen LogP contribution in [-0.4, -0.2) is 42.0 Å². The second-order valence-electron chi connectivity index (χ2n) is 6.32. The minimum absolute atomic E-state index is 0.219. The van der Waals surface area contributed by atoms with Gasteiger partial charge in [0.1, 0.15) is 0 Å². The van der Waals surface area contributed by atoms with Gasteiger partial charge in [0.05, 0.1) is 6.20 Å². The lowest BCUT2D eigenvalue weighted by Gasteiger charge is -2.31. The first-order valence-electron chi connectivity index (χ1n) is 8.70. The molecule has 0 atom stereocenters. The summed E-state index contributed by atoms with van der Waals surface area (Å²) in [5, 5.41) is 3.33. The lowest BCUT2D eigenvalue weighted by molar-refractivity contribution is -0.132. The number of nitrogens with zero attached hydrogens (tertiary/aromatic N) is 2.